The van der Waals surface area contributed by atoms with E-state index >= 15 is 8.78 Å². The monoisotopic (exact) mass is 540 g/mol. The van der Waals surface area contributed by atoms with E-state index in [2.05, 4.69) is 5.32 Å². The fraction of sp³-hybridized carbons (Fsp3) is 0.724. The van der Waals surface area contributed by atoms with Crippen molar-refractivity contribution in [3.05, 3.63) is 35.9 Å². The van der Waals surface area contributed by atoms with E-state index in [1.165, 1.54) is 0 Å². The van der Waals surface area contributed by atoms with Crippen LogP contribution in [-0.2, 0) is 16.1 Å². The fourth-order valence-electron chi connectivity index (χ4n) is 4.58. The lowest BCUT2D eigenvalue weighted by Gasteiger charge is -2.36. The van der Waals surface area contributed by atoms with E-state index in [0.717, 1.165) is 42.6 Å². The number of alkyl carbamates (subject to hydrolysis) is 1. The van der Waals surface area contributed by atoms with E-state index in [-0.39, 0.29) is 31.4 Å². The molecule has 0 aliphatic heterocycles. The van der Waals surface area contributed by atoms with E-state index in [9.17, 15) is 14.7 Å². The molecular weight excluding hydrogens is 494 g/mol. The number of hydrogen-bond donors (Lipinski definition) is 2. The minimum absolute atomic E-state index is 0.0169. The molecule has 0 saturated heterocycles. The molecule has 0 aromatic heterocycles. The maximum Gasteiger partial charge on any atom is 0.410 e. The summed E-state index contributed by atoms with van der Waals surface area (Å²) in [4.78, 5) is 26.3. The molecule has 2 unspecified atom stereocenters. The summed E-state index contributed by atoms with van der Waals surface area (Å²) >= 11 is 0. The van der Waals surface area contributed by atoms with Crippen LogP contribution in [0.2, 0.25) is 0 Å². The van der Waals surface area contributed by atoms with Gasteiger partial charge in [-0.3, -0.25) is 0 Å². The van der Waals surface area contributed by atoms with E-state index in [1.807, 2.05) is 32.0 Å². The van der Waals surface area contributed by atoms with Crippen LogP contribution in [-0.4, -0.2) is 59.0 Å². The summed E-state index contributed by atoms with van der Waals surface area (Å²) in [6.07, 6.45) is 1.55. The lowest BCUT2D eigenvalue weighted by Crippen LogP contribution is -2.57. The van der Waals surface area contributed by atoms with Gasteiger partial charge < -0.3 is 24.8 Å². The van der Waals surface area contributed by atoms with Gasteiger partial charge in [-0.25, -0.2) is 18.4 Å². The molecule has 0 heterocycles. The van der Waals surface area contributed by atoms with Crippen LogP contribution in [0.1, 0.15) is 85.1 Å². The van der Waals surface area contributed by atoms with Crippen LogP contribution in [0.25, 0.3) is 0 Å². The van der Waals surface area contributed by atoms with Crippen molar-refractivity contribution < 1.29 is 33.0 Å². The first-order valence-electron chi connectivity index (χ1n) is 13.8. The molecule has 1 aromatic carbocycles. The first kappa shape index (κ1) is 31.8. The van der Waals surface area contributed by atoms with Gasteiger partial charge in [-0.15, -0.1) is 0 Å². The Morgan fingerprint density at radius 1 is 1.11 bits per heavy atom. The second kappa shape index (κ2) is 14.7. The molecule has 0 bridgehead atoms. The predicted molar refractivity (Wildman–Crippen MR) is 143 cm³/mol. The normalized spacial score (nSPS) is 16.6. The van der Waals surface area contributed by atoms with Crippen LogP contribution >= 0.6 is 0 Å². The van der Waals surface area contributed by atoms with Gasteiger partial charge in [-0.2, -0.15) is 0 Å². The molecule has 1 aromatic rings. The van der Waals surface area contributed by atoms with Gasteiger partial charge in [0.15, 0.2) is 0 Å². The molecule has 2 atom stereocenters. The van der Waals surface area contributed by atoms with Crippen molar-refractivity contribution in [3.8, 4) is 0 Å². The Hall–Kier alpha value is -2.42. The number of carbonyl (C=O) groups is 2. The Morgan fingerprint density at radius 2 is 1.74 bits per heavy atom. The summed E-state index contributed by atoms with van der Waals surface area (Å²) in [5.74, 6) is -3.41. The summed E-state index contributed by atoms with van der Waals surface area (Å²) in [5, 5.41) is 13.4. The van der Waals surface area contributed by atoms with Gasteiger partial charge in [-0.05, 0) is 51.0 Å². The van der Waals surface area contributed by atoms with Crippen molar-refractivity contribution >= 4 is 12.2 Å². The first-order valence-corrected chi connectivity index (χ1v) is 13.8. The highest BCUT2D eigenvalue weighted by Gasteiger charge is 2.47. The van der Waals surface area contributed by atoms with Gasteiger partial charge in [0.05, 0.1) is 12.6 Å². The second-order valence-corrected chi connectivity index (χ2v) is 11.8. The topological polar surface area (TPSA) is 88.1 Å². The number of aliphatic hydroxyl groups excluding tert-OH is 1. The van der Waals surface area contributed by atoms with E-state index in [0.29, 0.717) is 6.42 Å². The zero-order chi connectivity index (χ0) is 28.3. The highest BCUT2D eigenvalue weighted by Crippen LogP contribution is 2.32. The third kappa shape index (κ3) is 11.5. The number of halogens is 2. The molecule has 2 amide bonds. The van der Waals surface area contributed by atoms with E-state index in [4.69, 9.17) is 9.47 Å². The van der Waals surface area contributed by atoms with Gasteiger partial charge in [0.2, 0.25) is 0 Å². The number of carbonyl (C=O) groups excluding carboxylic acids is 2. The second-order valence-electron chi connectivity index (χ2n) is 11.8. The van der Waals surface area contributed by atoms with Crippen molar-refractivity contribution in [2.75, 3.05) is 13.1 Å². The molecular formula is C29H46F2N2O5. The summed E-state index contributed by atoms with van der Waals surface area (Å²) in [6.45, 7) is 7.91. The largest absolute Gasteiger partial charge is 0.445 e. The summed E-state index contributed by atoms with van der Waals surface area (Å²) in [7, 11) is 0. The molecule has 216 valence electrons. The van der Waals surface area contributed by atoms with E-state index in [1.54, 1.807) is 32.9 Å². The van der Waals surface area contributed by atoms with Crippen LogP contribution in [0, 0.1) is 11.8 Å². The molecule has 0 spiro atoms. The van der Waals surface area contributed by atoms with Crippen LogP contribution in [0.15, 0.2) is 30.3 Å². The smallest absolute Gasteiger partial charge is 0.410 e. The molecule has 1 saturated carbocycles. The number of nitrogens with one attached hydrogen (secondary N) is 1. The molecule has 38 heavy (non-hydrogen) atoms. The number of amides is 2. The van der Waals surface area contributed by atoms with Crippen LogP contribution < -0.4 is 5.32 Å². The molecule has 0 radical (unpaired) electrons. The number of benzene rings is 1. The standard InChI is InChI=1S/C29H46F2N2O5/c1-21(2)16-17-33(27(36)38-28(3,4)5)20-29(30,31)25(34)24(18-22-12-8-6-9-13-22)32-26(35)37-19-23-14-10-7-11-15-23/h7,10-11,14-15,21-22,24-25,34H,6,8-9,12-13,16-20H2,1-5H3,(H,32,35). The lowest BCUT2D eigenvalue weighted by atomic mass is 9.83. The zero-order valence-electron chi connectivity index (χ0n) is 23.6. The molecule has 9 heteroatoms. The minimum atomic E-state index is -3.69. The van der Waals surface area contributed by atoms with Crippen molar-refractivity contribution in [2.24, 2.45) is 11.8 Å². The Bertz CT molecular complexity index is 854. The molecule has 2 rings (SSSR count). The van der Waals surface area contributed by atoms with Crippen LogP contribution in [0.5, 0.6) is 0 Å². The van der Waals surface area contributed by atoms with E-state index < -0.39 is 42.4 Å². The van der Waals surface area contributed by atoms with Gasteiger partial charge in [0.25, 0.3) is 5.92 Å². The van der Waals surface area contributed by atoms with Crippen molar-refractivity contribution in [1.29, 1.82) is 0 Å². The quantitative estimate of drug-likeness (QED) is 0.315. The number of rotatable bonds is 12. The Morgan fingerprint density at radius 3 is 2.32 bits per heavy atom. The minimum Gasteiger partial charge on any atom is -0.445 e. The van der Waals surface area contributed by atoms with Gasteiger partial charge >= 0.3 is 12.2 Å². The third-order valence-corrected chi connectivity index (χ3v) is 6.67. The summed E-state index contributed by atoms with van der Waals surface area (Å²) in [6, 6.07) is 7.80. The average molecular weight is 541 g/mol. The van der Waals surface area contributed by atoms with Gasteiger partial charge in [-0.1, -0.05) is 76.3 Å². The average Bonchev–Trinajstić information content (AvgIpc) is 2.84. The number of hydrogen-bond acceptors (Lipinski definition) is 5. The Labute approximate surface area is 226 Å². The van der Waals surface area contributed by atoms with Crippen molar-refractivity contribution in [2.45, 2.75) is 110 Å². The SMILES string of the molecule is CC(C)CCN(CC(F)(F)C(O)C(CC1CCCCC1)NC(=O)OCc1ccccc1)C(=O)OC(C)(C)C. The number of alkyl halides is 2. The molecule has 1 fully saturated rings. The fourth-order valence-corrected chi connectivity index (χ4v) is 4.58. The molecule has 2 N–H and O–H groups in total. The van der Waals surface area contributed by atoms with Gasteiger partial charge in [0.1, 0.15) is 18.3 Å². The van der Waals surface area contributed by atoms with Crippen molar-refractivity contribution in [3.63, 3.8) is 0 Å². The van der Waals surface area contributed by atoms with Crippen molar-refractivity contribution in [1.82, 2.24) is 10.2 Å². The Kier molecular flexibility index (Phi) is 12.3. The summed E-state index contributed by atoms with van der Waals surface area (Å²) < 4.78 is 41.8. The number of ether oxygens (including phenoxy) is 2. The molecule has 1 aliphatic rings. The highest BCUT2D eigenvalue weighted by atomic mass is 19.3. The maximum atomic E-state index is 15.6. The first-order chi connectivity index (χ1) is 17.8. The Balaban J connectivity index is 2.15. The maximum absolute atomic E-state index is 15.6. The molecule has 7 nitrogen and oxygen atoms in total. The third-order valence-electron chi connectivity index (χ3n) is 6.67. The highest BCUT2D eigenvalue weighted by molar-refractivity contribution is 5.68. The number of aliphatic hydroxyl groups is 1. The van der Waals surface area contributed by atoms with Crippen LogP contribution in [0.3, 0.4) is 0 Å². The zero-order valence-corrected chi connectivity index (χ0v) is 23.6. The lowest BCUT2D eigenvalue weighted by molar-refractivity contribution is -0.136. The van der Waals surface area contributed by atoms with Gasteiger partial charge in [0, 0.05) is 6.54 Å². The number of nitrogens with zero attached hydrogens (tertiary/aromatic N) is 1. The summed E-state index contributed by atoms with van der Waals surface area (Å²) in [5.41, 5.74) is -0.0928. The van der Waals surface area contributed by atoms with Crippen LogP contribution in [0.4, 0.5) is 18.4 Å². The molecule has 1 aliphatic carbocycles. The predicted octanol–water partition coefficient (Wildman–Crippen LogP) is 6.53.